The van der Waals surface area contributed by atoms with Gasteiger partial charge in [-0.1, -0.05) is 0 Å². The fourth-order valence-electron chi connectivity index (χ4n) is 1.84. The van der Waals surface area contributed by atoms with Crippen molar-refractivity contribution >= 4 is 0 Å². The summed E-state index contributed by atoms with van der Waals surface area (Å²) in [6, 6.07) is 5.85. The van der Waals surface area contributed by atoms with Crippen molar-refractivity contribution < 1.29 is 0 Å². The molecule has 0 atom stereocenters. The monoisotopic (exact) mass is 201 g/mol. The maximum atomic E-state index is 8.71. The minimum atomic E-state index is 0.316. The van der Waals surface area contributed by atoms with Crippen molar-refractivity contribution in [2.45, 2.75) is 38.3 Å². The van der Waals surface area contributed by atoms with Crippen LogP contribution in [-0.4, -0.2) is 10.5 Å². The van der Waals surface area contributed by atoms with Crippen molar-refractivity contribution in [3.63, 3.8) is 0 Å². The Hall–Kier alpha value is -1.40. The van der Waals surface area contributed by atoms with Gasteiger partial charge >= 0.3 is 0 Å². The van der Waals surface area contributed by atoms with E-state index in [0.29, 0.717) is 11.2 Å². The Morgan fingerprint density at radius 1 is 1.60 bits per heavy atom. The fourth-order valence-corrected chi connectivity index (χ4v) is 1.84. The smallest absolute Gasteiger partial charge is 0.140 e. The van der Waals surface area contributed by atoms with Crippen molar-refractivity contribution in [3.8, 4) is 6.07 Å². The van der Waals surface area contributed by atoms with Crippen molar-refractivity contribution in [1.82, 2.24) is 10.3 Å². The lowest BCUT2D eigenvalue weighted by Gasteiger charge is -2.39. The number of nitriles is 1. The molecule has 0 radical (unpaired) electrons. The average molecular weight is 201 g/mol. The predicted octanol–water partition coefficient (Wildman–Crippen LogP) is 1.99. The molecule has 0 spiro atoms. The van der Waals surface area contributed by atoms with E-state index in [9.17, 15) is 0 Å². The summed E-state index contributed by atoms with van der Waals surface area (Å²) in [6.07, 6.45) is 5.52. The summed E-state index contributed by atoms with van der Waals surface area (Å²) >= 11 is 0. The third-order valence-corrected chi connectivity index (χ3v) is 3.12. The summed E-state index contributed by atoms with van der Waals surface area (Å²) in [7, 11) is 0. The van der Waals surface area contributed by atoms with Crippen molar-refractivity contribution in [3.05, 3.63) is 29.6 Å². The van der Waals surface area contributed by atoms with Gasteiger partial charge in [-0.15, -0.1) is 0 Å². The highest BCUT2D eigenvalue weighted by molar-refractivity contribution is 5.25. The lowest BCUT2D eigenvalue weighted by atomic mass is 9.78. The van der Waals surface area contributed by atoms with E-state index in [-0.39, 0.29) is 0 Å². The van der Waals surface area contributed by atoms with Crippen LogP contribution in [0.3, 0.4) is 0 Å². The van der Waals surface area contributed by atoms with Gasteiger partial charge in [-0.3, -0.25) is 0 Å². The highest BCUT2D eigenvalue weighted by atomic mass is 15.0. The first-order valence-electron chi connectivity index (χ1n) is 5.32. The minimum absolute atomic E-state index is 0.316. The molecule has 15 heavy (non-hydrogen) atoms. The molecule has 3 nitrogen and oxygen atoms in total. The second kappa shape index (κ2) is 4.00. The zero-order valence-corrected chi connectivity index (χ0v) is 8.95. The molecule has 1 aliphatic rings. The van der Waals surface area contributed by atoms with Gasteiger partial charge in [-0.25, -0.2) is 4.98 Å². The van der Waals surface area contributed by atoms with Gasteiger partial charge in [-0.05, 0) is 43.9 Å². The van der Waals surface area contributed by atoms with Crippen LogP contribution in [0, 0.1) is 11.3 Å². The highest BCUT2D eigenvalue weighted by Gasteiger charge is 2.30. The van der Waals surface area contributed by atoms with Crippen LogP contribution in [0.2, 0.25) is 0 Å². The quantitative estimate of drug-likeness (QED) is 0.813. The first kappa shape index (κ1) is 10.1. The van der Waals surface area contributed by atoms with Gasteiger partial charge in [0.25, 0.3) is 0 Å². The molecule has 1 saturated carbocycles. The van der Waals surface area contributed by atoms with Crippen LogP contribution in [0.25, 0.3) is 0 Å². The Balaban J connectivity index is 1.96. The van der Waals surface area contributed by atoms with Gasteiger partial charge in [0.15, 0.2) is 0 Å². The van der Waals surface area contributed by atoms with Gasteiger partial charge < -0.3 is 5.32 Å². The largest absolute Gasteiger partial charge is 0.307 e. The van der Waals surface area contributed by atoms with Gasteiger partial charge in [-0.2, -0.15) is 5.26 Å². The van der Waals surface area contributed by atoms with Gasteiger partial charge in [0, 0.05) is 18.3 Å². The van der Waals surface area contributed by atoms with Crippen LogP contribution < -0.4 is 5.32 Å². The summed E-state index contributed by atoms with van der Waals surface area (Å²) in [5, 5.41) is 12.2. The van der Waals surface area contributed by atoms with Gasteiger partial charge in [0.05, 0.1) is 0 Å². The average Bonchev–Trinajstić information content (AvgIpc) is 2.24. The molecular formula is C12H15N3. The van der Waals surface area contributed by atoms with Crippen LogP contribution in [0.4, 0.5) is 0 Å². The van der Waals surface area contributed by atoms with E-state index < -0.39 is 0 Å². The van der Waals surface area contributed by atoms with E-state index in [0.717, 1.165) is 12.1 Å². The van der Waals surface area contributed by atoms with E-state index in [1.807, 2.05) is 12.1 Å². The minimum Gasteiger partial charge on any atom is -0.307 e. The zero-order chi connectivity index (χ0) is 10.7. The molecule has 78 valence electrons. The molecule has 0 amide bonds. The Kier molecular flexibility index (Phi) is 2.70. The predicted molar refractivity (Wildman–Crippen MR) is 58.0 cm³/mol. The SMILES string of the molecule is CC1(NCc2ccnc(C#N)c2)CCC1. The maximum Gasteiger partial charge on any atom is 0.140 e. The number of nitrogens with zero attached hydrogens (tertiary/aromatic N) is 2. The summed E-state index contributed by atoms with van der Waals surface area (Å²) in [6.45, 7) is 3.08. The van der Waals surface area contributed by atoms with E-state index in [2.05, 4.69) is 23.3 Å². The standard InChI is InChI=1S/C12H15N3/c1-12(4-2-5-12)15-9-10-3-6-14-11(7-10)8-13/h3,6-7,15H,2,4-5,9H2,1H3. The van der Waals surface area contributed by atoms with Crippen LogP contribution in [-0.2, 0) is 6.54 Å². The molecule has 1 fully saturated rings. The number of hydrogen-bond acceptors (Lipinski definition) is 3. The summed E-state index contributed by atoms with van der Waals surface area (Å²) in [5.74, 6) is 0. The normalized spacial score (nSPS) is 17.9. The molecule has 0 saturated heterocycles. The Bertz CT molecular complexity index is 388. The molecule has 1 aromatic rings. The molecular weight excluding hydrogens is 186 g/mol. The molecule has 1 N–H and O–H groups in total. The molecule has 0 aliphatic heterocycles. The highest BCUT2D eigenvalue weighted by Crippen LogP contribution is 2.31. The van der Waals surface area contributed by atoms with Crippen LogP contribution >= 0.6 is 0 Å². The maximum absolute atomic E-state index is 8.71. The zero-order valence-electron chi connectivity index (χ0n) is 8.95. The third kappa shape index (κ3) is 2.34. The molecule has 1 heterocycles. The van der Waals surface area contributed by atoms with Crippen LogP contribution in [0.1, 0.15) is 37.4 Å². The van der Waals surface area contributed by atoms with Crippen molar-refractivity contribution in [1.29, 1.82) is 5.26 Å². The molecule has 0 aromatic carbocycles. The lowest BCUT2D eigenvalue weighted by Crippen LogP contribution is -2.47. The molecule has 0 bridgehead atoms. The molecule has 1 aromatic heterocycles. The second-order valence-corrected chi connectivity index (χ2v) is 4.43. The van der Waals surface area contributed by atoms with E-state index in [1.165, 1.54) is 19.3 Å². The van der Waals surface area contributed by atoms with Crippen LogP contribution in [0.5, 0.6) is 0 Å². The van der Waals surface area contributed by atoms with E-state index in [1.54, 1.807) is 6.20 Å². The molecule has 3 heteroatoms. The Labute approximate surface area is 90.1 Å². The topological polar surface area (TPSA) is 48.7 Å². The number of nitrogens with one attached hydrogen (secondary N) is 1. The summed E-state index contributed by atoms with van der Waals surface area (Å²) in [4.78, 5) is 3.95. The third-order valence-electron chi connectivity index (χ3n) is 3.12. The first-order valence-corrected chi connectivity index (χ1v) is 5.32. The first-order chi connectivity index (χ1) is 7.22. The lowest BCUT2D eigenvalue weighted by molar-refractivity contribution is 0.207. The van der Waals surface area contributed by atoms with Gasteiger partial charge in [0.1, 0.15) is 11.8 Å². The number of rotatable bonds is 3. The summed E-state index contributed by atoms with van der Waals surface area (Å²) < 4.78 is 0. The summed E-state index contributed by atoms with van der Waals surface area (Å²) in [5.41, 5.74) is 1.94. The number of hydrogen-bond donors (Lipinski definition) is 1. The van der Waals surface area contributed by atoms with E-state index in [4.69, 9.17) is 5.26 Å². The second-order valence-electron chi connectivity index (χ2n) is 4.43. The number of pyridine rings is 1. The molecule has 0 unspecified atom stereocenters. The fraction of sp³-hybridized carbons (Fsp3) is 0.500. The van der Waals surface area contributed by atoms with Crippen LogP contribution in [0.15, 0.2) is 18.3 Å². The molecule has 2 rings (SSSR count). The van der Waals surface area contributed by atoms with Crippen molar-refractivity contribution in [2.75, 3.05) is 0 Å². The van der Waals surface area contributed by atoms with Crippen molar-refractivity contribution in [2.24, 2.45) is 0 Å². The van der Waals surface area contributed by atoms with Gasteiger partial charge in [0.2, 0.25) is 0 Å². The molecule has 1 aliphatic carbocycles. The van der Waals surface area contributed by atoms with E-state index >= 15 is 0 Å². The Morgan fingerprint density at radius 2 is 2.40 bits per heavy atom. The Morgan fingerprint density at radius 3 is 3.00 bits per heavy atom. The number of aromatic nitrogens is 1.